The third-order valence-corrected chi connectivity index (χ3v) is 5.03. The molecule has 1 amide bonds. The van der Waals surface area contributed by atoms with Crippen molar-refractivity contribution in [3.05, 3.63) is 35.9 Å². The van der Waals surface area contributed by atoms with Crippen LogP contribution < -0.4 is 4.74 Å². The molecular formula is C20H25F3N2O3. The van der Waals surface area contributed by atoms with E-state index in [1.165, 1.54) is 12.1 Å². The second-order valence-electron chi connectivity index (χ2n) is 7.08. The summed E-state index contributed by atoms with van der Waals surface area (Å²) in [7, 11) is 0. The average molecular weight is 398 g/mol. The van der Waals surface area contributed by atoms with Gasteiger partial charge in [0.15, 0.2) is 0 Å². The zero-order valence-electron chi connectivity index (χ0n) is 15.7. The Bertz CT molecular complexity index is 662. The van der Waals surface area contributed by atoms with E-state index in [0.717, 1.165) is 44.6 Å². The molecule has 3 rings (SSSR count). The monoisotopic (exact) mass is 398 g/mol. The van der Waals surface area contributed by atoms with Crippen molar-refractivity contribution in [2.75, 3.05) is 45.9 Å². The molecule has 2 fully saturated rings. The maximum Gasteiger partial charge on any atom is 0.573 e. The molecule has 2 aliphatic heterocycles. The molecule has 0 saturated carbocycles. The Morgan fingerprint density at radius 3 is 2.36 bits per heavy atom. The number of halogens is 3. The van der Waals surface area contributed by atoms with Crippen molar-refractivity contribution in [3.8, 4) is 5.75 Å². The van der Waals surface area contributed by atoms with Crippen LogP contribution in [0, 0.1) is 5.92 Å². The molecule has 0 radical (unpaired) electrons. The molecule has 2 heterocycles. The smallest absolute Gasteiger partial charge is 0.406 e. The van der Waals surface area contributed by atoms with Gasteiger partial charge in [0.25, 0.3) is 0 Å². The van der Waals surface area contributed by atoms with Gasteiger partial charge in [-0.1, -0.05) is 24.3 Å². The fraction of sp³-hybridized carbons (Fsp3) is 0.550. The molecule has 2 saturated heterocycles. The van der Waals surface area contributed by atoms with Gasteiger partial charge in [-0.05, 0) is 36.5 Å². The number of piperidine rings is 1. The molecule has 0 aliphatic carbocycles. The standard InChI is InChI=1S/C20H25F3N2O3/c21-20(22,23)28-18-5-3-16(4-6-18)1-2-17-7-9-25(10-8-17)19(26)15-24-11-13-27-14-12-24/h1-6,17H,7-15H2. The van der Waals surface area contributed by atoms with Crippen molar-refractivity contribution in [1.82, 2.24) is 9.80 Å². The predicted octanol–water partition coefficient (Wildman–Crippen LogP) is 3.17. The quantitative estimate of drug-likeness (QED) is 0.764. The minimum atomic E-state index is -4.68. The topological polar surface area (TPSA) is 42.0 Å². The number of hydrogen-bond donors (Lipinski definition) is 0. The molecule has 154 valence electrons. The van der Waals surface area contributed by atoms with Crippen LogP contribution in [0.1, 0.15) is 18.4 Å². The van der Waals surface area contributed by atoms with Crippen LogP contribution in [0.3, 0.4) is 0 Å². The Morgan fingerprint density at radius 1 is 1.11 bits per heavy atom. The molecule has 5 nitrogen and oxygen atoms in total. The van der Waals surface area contributed by atoms with E-state index < -0.39 is 6.36 Å². The van der Waals surface area contributed by atoms with E-state index in [0.29, 0.717) is 25.7 Å². The van der Waals surface area contributed by atoms with Gasteiger partial charge in [-0.3, -0.25) is 9.69 Å². The highest BCUT2D eigenvalue weighted by Gasteiger charge is 2.31. The van der Waals surface area contributed by atoms with Gasteiger partial charge < -0.3 is 14.4 Å². The third kappa shape index (κ3) is 6.53. The number of carbonyl (C=O) groups is 1. The fourth-order valence-corrected chi connectivity index (χ4v) is 3.42. The van der Waals surface area contributed by atoms with E-state index >= 15 is 0 Å². The first-order valence-electron chi connectivity index (χ1n) is 9.51. The summed E-state index contributed by atoms with van der Waals surface area (Å²) in [4.78, 5) is 16.5. The maximum absolute atomic E-state index is 12.4. The summed E-state index contributed by atoms with van der Waals surface area (Å²) in [5, 5.41) is 0. The molecule has 0 N–H and O–H groups in total. The van der Waals surface area contributed by atoms with Crippen molar-refractivity contribution < 1.29 is 27.4 Å². The molecule has 2 aliphatic rings. The number of amides is 1. The second-order valence-corrected chi connectivity index (χ2v) is 7.08. The Labute approximate surface area is 162 Å². The predicted molar refractivity (Wildman–Crippen MR) is 98.7 cm³/mol. The largest absolute Gasteiger partial charge is 0.573 e. The first-order chi connectivity index (χ1) is 13.4. The van der Waals surface area contributed by atoms with Crippen LogP contribution >= 0.6 is 0 Å². The third-order valence-electron chi connectivity index (χ3n) is 5.03. The summed E-state index contributed by atoms with van der Waals surface area (Å²) < 4.78 is 45.7. The van der Waals surface area contributed by atoms with Gasteiger partial charge in [0, 0.05) is 26.2 Å². The number of morpholine rings is 1. The highest BCUT2D eigenvalue weighted by Crippen LogP contribution is 2.24. The Morgan fingerprint density at radius 2 is 1.75 bits per heavy atom. The molecule has 0 atom stereocenters. The fourth-order valence-electron chi connectivity index (χ4n) is 3.42. The van der Waals surface area contributed by atoms with Crippen LogP contribution in [-0.4, -0.2) is 68.0 Å². The van der Waals surface area contributed by atoms with Crippen molar-refractivity contribution in [3.63, 3.8) is 0 Å². The molecule has 0 unspecified atom stereocenters. The lowest BCUT2D eigenvalue weighted by atomic mass is 9.95. The van der Waals surface area contributed by atoms with Gasteiger partial charge in [0.05, 0.1) is 19.8 Å². The Kier molecular flexibility index (Phi) is 6.96. The van der Waals surface area contributed by atoms with Gasteiger partial charge >= 0.3 is 6.36 Å². The van der Waals surface area contributed by atoms with E-state index in [2.05, 4.69) is 15.7 Å². The van der Waals surface area contributed by atoms with E-state index in [-0.39, 0.29) is 11.7 Å². The van der Waals surface area contributed by atoms with Crippen LogP contribution in [0.2, 0.25) is 0 Å². The Balaban J connectivity index is 1.42. The summed E-state index contributed by atoms with van der Waals surface area (Å²) in [6, 6.07) is 5.80. The lowest BCUT2D eigenvalue weighted by molar-refractivity contribution is -0.274. The maximum atomic E-state index is 12.4. The molecule has 8 heteroatoms. The summed E-state index contributed by atoms with van der Waals surface area (Å²) in [6.07, 6.45) is 1.09. The van der Waals surface area contributed by atoms with Gasteiger partial charge in [0.1, 0.15) is 5.75 Å². The molecule has 1 aromatic rings. The van der Waals surface area contributed by atoms with Crippen LogP contribution in [-0.2, 0) is 9.53 Å². The van der Waals surface area contributed by atoms with E-state index in [4.69, 9.17) is 4.74 Å². The number of ether oxygens (including phenoxy) is 2. The van der Waals surface area contributed by atoms with Crippen molar-refractivity contribution >= 4 is 12.0 Å². The highest BCUT2D eigenvalue weighted by atomic mass is 19.4. The molecule has 0 bridgehead atoms. The lowest BCUT2D eigenvalue weighted by Gasteiger charge is -2.33. The summed E-state index contributed by atoms with van der Waals surface area (Å²) in [6.45, 7) is 4.89. The van der Waals surface area contributed by atoms with Crippen LogP contribution in [0.15, 0.2) is 30.3 Å². The second kappa shape index (κ2) is 9.43. The van der Waals surface area contributed by atoms with E-state index in [1.54, 1.807) is 12.1 Å². The number of carbonyl (C=O) groups excluding carboxylic acids is 1. The number of hydrogen-bond acceptors (Lipinski definition) is 4. The first kappa shape index (κ1) is 20.7. The van der Waals surface area contributed by atoms with Gasteiger partial charge in [-0.25, -0.2) is 0 Å². The average Bonchev–Trinajstić information content (AvgIpc) is 2.67. The summed E-state index contributed by atoms with van der Waals surface area (Å²) >= 11 is 0. The zero-order chi connectivity index (χ0) is 20.0. The zero-order valence-corrected chi connectivity index (χ0v) is 15.7. The number of likely N-dealkylation sites (tertiary alicyclic amines) is 1. The minimum absolute atomic E-state index is 0.171. The van der Waals surface area contributed by atoms with Crippen LogP contribution in [0.4, 0.5) is 13.2 Å². The van der Waals surface area contributed by atoms with Crippen molar-refractivity contribution in [1.29, 1.82) is 0 Å². The molecule has 0 spiro atoms. The normalized spacial score (nSPS) is 19.9. The summed E-state index contributed by atoms with van der Waals surface area (Å²) in [5.41, 5.74) is 0.820. The van der Waals surface area contributed by atoms with E-state index in [9.17, 15) is 18.0 Å². The first-order valence-corrected chi connectivity index (χ1v) is 9.51. The SMILES string of the molecule is O=C(CN1CCOCC1)N1CCC(C=Cc2ccc(OC(F)(F)F)cc2)CC1. The number of alkyl halides is 3. The van der Waals surface area contributed by atoms with E-state index in [1.807, 2.05) is 11.0 Å². The summed E-state index contributed by atoms with van der Waals surface area (Å²) in [5.74, 6) is 0.305. The molecule has 0 aromatic heterocycles. The number of nitrogens with zero attached hydrogens (tertiary/aromatic N) is 2. The van der Waals surface area contributed by atoms with Gasteiger partial charge in [-0.2, -0.15) is 0 Å². The van der Waals surface area contributed by atoms with Crippen molar-refractivity contribution in [2.24, 2.45) is 5.92 Å². The minimum Gasteiger partial charge on any atom is -0.406 e. The number of rotatable bonds is 5. The highest BCUT2D eigenvalue weighted by molar-refractivity contribution is 5.78. The molecule has 1 aromatic carbocycles. The molecular weight excluding hydrogens is 373 g/mol. The van der Waals surface area contributed by atoms with Crippen LogP contribution in [0.5, 0.6) is 5.75 Å². The van der Waals surface area contributed by atoms with Gasteiger partial charge in [-0.15, -0.1) is 13.2 Å². The van der Waals surface area contributed by atoms with Gasteiger partial charge in [0.2, 0.25) is 5.91 Å². The molecule has 28 heavy (non-hydrogen) atoms. The van der Waals surface area contributed by atoms with Crippen LogP contribution in [0.25, 0.3) is 6.08 Å². The Hall–Kier alpha value is -2.06. The van der Waals surface area contributed by atoms with Crippen molar-refractivity contribution in [2.45, 2.75) is 19.2 Å². The lowest BCUT2D eigenvalue weighted by Crippen LogP contribution is -2.46. The number of benzene rings is 1. The number of allylic oxidation sites excluding steroid dienone is 1.